The number of halogens is 1. The normalized spacial score (nSPS) is 11.5. The molecule has 1 nitrogen and oxygen atoms in total. The van der Waals surface area contributed by atoms with Crippen molar-refractivity contribution < 1.29 is 0 Å². The Morgan fingerprint density at radius 3 is 2.57 bits per heavy atom. The second kappa shape index (κ2) is 3.32. The lowest BCUT2D eigenvalue weighted by Crippen LogP contribution is -1.97. The average molecular weight is 208 g/mol. The molecular weight excluding hydrogens is 194 g/mol. The minimum atomic E-state index is 0.547. The van der Waals surface area contributed by atoms with Gasteiger partial charge < -0.3 is 4.57 Å². The van der Waals surface area contributed by atoms with Crippen molar-refractivity contribution in [3.63, 3.8) is 0 Å². The number of hydrogen-bond donors (Lipinski definition) is 0. The van der Waals surface area contributed by atoms with Crippen LogP contribution in [-0.4, -0.2) is 4.57 Å². The van der Waals surface area contributed by atoms with Crippen molar-refractivity contribution in [2.45, 2.75) is 19.8 Å². The summed E-state index contributed by atoms with van der Waals surface area (Å²) in [6, 6.07) is 8.26. The van der Waals surface area contributed by atoms with Crippen LogP contribution in [0.25, 0.3) is 10.9 Å². The number of hydrogen-bond acceptors (Lipinski definition) is 0. The summed E-state index contributed by atoms with van der Waals surface area (Å²) in [5, 5.41) is 2.06. The Bertz CT molecular complexity index is 468. The van der Waals surface area contributed by atoms with Gasteiger partial charge in [-0.15, -0.1) is 0 Å². The average Bonchev–Trinajstić information content (AvgIpc) is 2.44. The topological polar surface area (TPSA) is 4.93 Å². The van der Waals surface area contributed by atoms with Gasteiger partial charge in [-0.05, 0) is 29.5 Å². The van der Waals surface area contributed by atoms with Crippen LogP contribution in [0.3, 0.4) is 0 Å². The lowest BCUT2D eigenvalue weighted by atomic mass is 10.1. The van der Waals surface area contributed by atoms with E-state index in [4.69, 9.17) is 11.6 Å². The van der Waals surface area contributed by atoms with E-state index in [1.165, 1.54) is 16.6 Å². The molecule has 2 aromatic rings. The Morgan fingerprint density at radius 2 is 1.93 bits per heavy atom. The van der Waals surface area contributed by atoms with Crippen molar-refractivity contribution in [2.75, 3.05) is 0 Å². The molecule has 0 aliphatic rings. The van der Waals surface area contributed by atoms with Crippen LogP contribution in [0, 0.1) is 0 Å². The molecule has 2 rings (SSSR count). The van der Waals surface area contributed by atoms with E-state index in [0.717, 1.165) is 5.02 Å². The van der Waals surface area contributed by atoms with Gasteiger partial charge in [0.2, 0.25) is 0 Å². The van der Waals surface area contributed by atoms with E-state index in [2.05, 4.69) is 37.6 Å². The van der Waals surface area contributed by atoms with Crippen LogP contribution in [-0.2, 0) is 7.05 Å². The number of nitrogens with zero attached hydrogens (tertiary/aromatic N) is 1. The molecule has 0 N–H and O–H groups in total. The molecule has 0 atom stereocenters. The van der Waals surface area contributed by atoms with Crippen LogP contribution in [0.1, 0.15) is 25.5 Å². The van der Waals surface area contributed by atoms with Crippen LogP contribution in [0.5, 0.6) is 0 Å². The van der Waals surface area contributed by atoms with Crippen molar-refractivity contribution in [1.29, 1.82) is 0 Å². The van der Waals surface area contributed by atoms with E-state index in [1.807, 2.05) is 12.1 Å². The largest absolute Gasteiger partial charge is 0.347 e. The van der Waals surface area contributed by atoms with Gasteiger partial charge >= 0.3 is 0 Å². The molecule has 14 heavy (non-hydrogen) atoms. The Morgan fingerprint density at radius 1 is 1.21 bits per heavy atom. The van der Waals surface area contributed by atoms with Gasteiger partial charge in [-0.25, -0.2) is 0 Å². The number of benzene rings is 1. The molecule has 0 saturated carbocycles. The summed E-state index contributed by atoms with van der Waals surface area (Å²) in [4.78, 5) is 0. The van der Waals surface area contributed by atoms with E-state index >= 15 is 0 Å². The van der Waals surface area contributed by atoms with Gasteiger partial charge in [0, 0.05) is 23.3 Å². The van der Waals surface area contributed by atoms with E-state index in [1.54, 1.807) is 0 Å². The zero-order valence-corrected chi connectivity index (χ0v) is 9.47. The van der Waals surface area contributed by atoms with Gasteiger partial charge in [-0.1, -0.05) is 31.5 Å². The highest BCUT2D eigenvalue weighted by atomic mass is 35.5. The van der Waals surface area contributed by atoms with Crippen LogP contribution >= 0.6 is 11.6 Å². The molecule has 0 radical (unpaired) electrons. The first-order valence-electron chi connectivity index (χ1n) is 4.84. The monoisotopic (exact) mass is 207 g/mol. The summed E-state index contributed by atoms with van der Waals surface area (Å²) in [6.07, 6.45) is 0. The van der Waals surface area contributed by atoms with Gasteiger partial charge in [0.1, 0.15) is 0 Å². The molecule has 1 heterocycles. The highest BCUT2D eigenvalue weighted by molar-refractivity contribution is 6.31. The van der Waals surface area contributed by atoms with Crippen molar-refractivity contribution in [2.24, 2.45) is 7.05 Å². The van der Waals surface area contributed by atoms with E-state index in [9.17, 15) is 0 Å². The van der Waals surface area contributed by atoms with Crippen molar-refractivity contribution in [3.05, 3.63) is 35.0 Å². The lowest BCUT2D eigenvalue weighted by Gasteiger charge is -2.06. The molecule has 2 heteroatoms. The Balaban J connectivity index is 2.74. The summed E-state index contributed by atoms with van der Waals surface area (Å²) in [7, 11) is 2.09. The smallest absolute Gasteiger partial charge is 0.0494 e. The SMILES string of the molecule is CC(C)c1cc2ccc(Cl)cc2n1C. The highest BCUT2D eigenvalue weighted by Gasteiger charge is 2.08. The van der Waals surface area contributed by atoms with Crippen molar-refractivity contribution in [3.8, 4) is 0 Å². The fourth-order valence-corrected chi connectivity index (χ4v) is 2.04. The summed E-state index contributed by atoms with van der Waals surface area (Å²) < 4.78 is 2.21. The van der Waals surface area contributed by atoms with Gasteiger partial charge in [0.15, 0.2) is 0 Å². The zero-order chi connectivity index (χ0) is 10.3. The lowest BCUT2D eigenvalue weighted by molar-refractivity contribution is 0.755. The van der Waals surface area contributed by atoms with Gasteiger partial charge in [0.05, 0.1) is 0 Å². The molecule has 1 aromatic carbocycles. The fourth-order valence-electron chi connectivity index (χ4n) is 1.88. The molecule has 0 fully saturated rings. The van der Waals surface area contributed by atoms with Crippen molar-refractivity contribution in [1.82, 2.24) is 4.57 Å². The molecule has 0 saturated heterocycles. The third-order valence-electron chi connectivity index (χ3n) is 2.64. The van der Waals surface area contributed by atoms with Gasteiger partial charge in [0.25, 0.3) is 0 Å². The van der Waals surface area contributed by atoms with Gasteiger partial charge in [-0.3, -0.25) is 0 Å². The molecule has 0 unspecified atom stereocenters. The summed E-state index contributed by atoms with van der Waals surface area (Å²) in [5.41, 5.74) is 2.56. The molecule has 1 aromatic heterocycles. The Hall–Kier alpha value is -0.950. The van der Waals surface area contributed by atoms with Gasteiger partial charge in [-0.2, -0.15) is 0 Å². The maximum Gasteiger partial charge on any atom is 0.0494 e. The summed E-state index contributed by atoms with van der Waals surface area (Å²) in [6.45, 7) is 4.41. The molecular formula is C12H14ClN. The van der Waals surface area contributed by atoms with Crippen LogP contribution in [0.4, 0.5) is 0 Å². The molecule has 0 amide bonds. The predicted molar refractivity (Wildman–Crippen MR) is 62.0 cm³/mol. The second-order valence-electron chi connectivity index (χ2n) is 3.99. The number of rotatable bonds is 1. The first kappa shape index (κ1) is 9.60. The Kier molecular flexibility index (Phi) is 2.28. The highest BCUT2D eigenvalue weighted by Crippen LogP contribution is 2.26. The standard InChI is InChI=1S/C12H14ClN/c1-8(2)11-6-9-4-5-10(13)7-12(9)14(11)3/h4-8H,1-3H3. The minimum absolute atomic E-state index is 0.547. The summed E-state index contributed by atoms with van der Waals surface area (Å²) in [5.74, 6) is 0.547. The van der Waals surface area contributed by atoms with Crippen LogP contribution in [0.15, 0.2) is 24.3 Å². The quantitative estimate of drug-likeness (QED) is 0.667. The zero-order valence-electron chi connectivity index (χ0n) is 8.71. The summed E-state index contributed by atoms with van der Waals surface area (Å²) >= 11 is 5.97. The fraction of sp³-hybridized carbons (Fsp3) is 0.333. The number of fused-ring (bicyclic) bond motifs is 1. The van der Waals surface area contributed by atoms with Crippen LogP contribution < -0.4 is 0 Å². The minimum Gasteiger partial charge on any atom is -0.347 e. The molecule has 0 aliphatic heterocycles. The van der Waals surface area contributed by atoms with E-state index in [0.29, 0.717) is 5.92 Å². The van der Waals surface area contributed by atoms with E-state index in [-0.39, 0.29) is 0 Å². The Labute approximate surface area is 89.3 Å². The first-order chi connectivity index (χ1) is 6.59. The van der Waals surface area contributed by atoms with Crippen LogP contribution in [0.2, 0.25) is 5.02 Å². The molecule has 0 bridgehead atoms. The predicted octanol–water partition coefficient (Wildman–Crippen LogP) is 3.96. The maximum absolute atomic E-state index is 5.97. The number of aryl methyl sites for hydroxylation is 1. The number of aromatic nitrogens is 1. The maximum atomic E-state index is 5.97. The molecule has 0 aliphatic carbocycles. The van der Waals surface area contributed by atoms with E-state index < -0.39 is 0 Å². The molecule has 0 spiro atoms. The molecule has 74 valence electrons. The second-order valence-corrected chi connectivity index (χ2v) is 4.42. The third kappa shape index (κ3) is 1.42. The first-order valence-corrected chi connectivity index (χ1v) is 5.22. The third-order valence-corrected chi connectivity index (χ3v) is 2.87. The van der Waals surface area contributed by atoms with Crippen molar-refractivity contribution >= 4 is 22.5 Å².